The average molecular weight is 471 g/mol. The van der Waals surface area contributed by atoms with Gasteiger partial charge in [0.25, 0.3) is 0 Å². The third-order valence-electron chi connectivity index (χ3n) is 5.33. The molecule has 0 saturated carbocycles. The molecule has 1 saturated heterocycles. The number of hydrogen-bond donors (Lipinski definition) is 0. The Kier molecular flexibility index (Phi) is 7.50. The van der Waals surface area contributed by atoms with E-state index in [9.17, 15) is 19.6 Å². The number of nitriles is 1. The van der Waals surface area contributed by atoms with Gasteiger partial charge in [0.1, 0.15) is 12.7 Å². The van der Waals surface area contributed by atoms with Gasteiger partial charge in [0.05, 0.1) is 22.8 Å². The molecule has 0 N–H and O–H groups in total. The summed E-state index contributed by atoms with van der Waals surface area (Å²) >= 11 is 0. The summed E-state index contributed by atoms with van der Waals surface area (Å²) in [5.74, 6) is -2.01. The van der Waals surface area contributed by atoms with Crippen LogP contribution in [0, 0.1) is 11.3 Å². The van der Waals surface area contributed by atoms with E-state index in [2.05, 4.69) is 0 Å². The minimum atomic E-state index is -1.24. The number of ether oxygens (including phenoxy) is 4. The van der Waals surface area contributed by atoms with E-state index in [4.69, 9.17) is 18.9 Å². The molecule has 0 amide bonds. The fraction of sp³-hybridized carbons (Fsp3) is 0.185. The number of rotatable bonds is 7. The predicted molar refractivity (Wildman–Crippen MR) is 122 cm³/mol. The number of carbonyl (C=O) groups excluding carboxylic acids is 3. The zero-order valence-corrected chi connectivity index (χ0v) is 18.5. The van der Waals surface area contributed by atoms with Gasteiger partial charge in [0.2, 0.25) is 0 Å². The quantitative estimate of drug-likeness (QED) is 0.380. The molecule has 8 nitrogen and oxygen atoms in total. The number of nitrogens with zero attached hydrogens (tertiary/aromatic N) is 1. The molecule has 1 aliphatic rings. The fourth-order valence-electron chi connectivity index (χ4n) is 3.58. The highest BCUT2D eigenvalue weighted by Crippen LogP contribution is 2.29. The SMILES string of the molecule is N#C[C@@H]1O[C@H](COC(=O)c2ccccc2)[C@H](OC(=O)c2ccccc2)[C@H]1OC(=O)c1ccccc1. The molecule has 0 radical (unpaired) electrons. The standard InChI is InChI=1S/C27H21NO7/c28-16-21-23(34-26(30)19-12-6-2-7-13-19)24(35-27(31)20-14-8-3-9-15-20)22(33-21)17-32-25(29)18-10-4-1-5-11-18/h1-15,21-24H,17H2/t21-,22+,23-,24-/m0/s1. The molecule has 1 aliphatic heterocycles. The zero-order valence-electron chi connectivity index (χ0n) is 18.5. The predicted octanol–water partition coefficient (Wildman–Crippen LogP) is 3.59. The Bertz CT molecular complexity index is 1210. The smallest absolute Gasteiger partial charge is 0.338 e. The van der Waals surface area contributed by atoms with Crippen LogP contribution in [-0.2, 0) is 18.9 Å². The maximum absolute atomic E-state index is 12.8. The second-order valence-corrected chi connectivity index (χ2v) is 7.66. The Labute approximate surface area is 201 Å². The van der Waals surface area contributed by atoms with Gasteiger partial charge < -0.3 is 18.9 Å². The van der Waals surface area contributed by atoms with Gasteiger partial charge in [-0.05, 0) is 36.4 Å². The van der Waals surface area contributed by atoms with Crippen molar-refractivity contribution >= 4 is 17.9 Å². The van der Waals surface area contributed by atoms with Gasteiger partial charge in [-0.15, -0.1) is 0 Å². The highest BCUT2D eigenvalue weighted by molar-refractivity contribution is 5.91. The zero-order chi connectivity index (χ0) is 24.6. The molecule has 0 bridgehead atoms. The Balaban J connectivity index is 1.55. The highest BCUT2D eigenvalue weighted by Gasteiger charge is 2.50. The van der Waals surface area contributed by atoms with Crippen molar-refractivity contribution < 1.29 is 33.3 Å². The summed E-state index contributed by atoms with van der Waals surface area (Å²) < 4.78 is 22.3. The molecular weight excluding hydrogens is 450 g/mol. The minimum absolute atomic E-state index is 0.260. The Hall–Kier alpha value is -4.48. The lowest BCUT2D eigenvalue weighted by Crippen LogP contribution is -2.41. The summed E-state index contributed by atoms with van der Waals surface area (Å²) in [7, 11) is 0. The molecule has 4 rings (SSSR count). The van der Waals surface area contributed by atoms with Crippen molar-refractivity contribution in [3.05, 3.63) is 108 Å². The lowest BCUT2D eigenvalue weighted by atomic mass is 10.1. The molecule has 1 heterocycles. The third-order valence-corrected chi connectivity index (χ3v) is 5.33. The number of benzene rings is 3. The van der Waals surface area contributed by atoms with E-state index in [1.165, 1.54) is 0 Å². The lowest BCUT2D eigenvalue weighted by Gasteiger charge is -2.23. The van der Waals surface area contributed by atoms with Crippen LogP contribution in [0.25, 0.3) is 0 Å². The van der Waals surface area contributed by atoms with Crippen molar-refractivity contribution in [1.29, 1.82) is 5.26 Å². The molecular formula is C27H21NO7. The first-order valence-electron chi connectivity index (χ1n) is 10.9. The Morgan fingerprint density at radius 1 is 0.686 bits per heavy atom. The van der Waals surface area contributed by atoms with Gasteiger partial charge in [-0.1, -0.05) is 54.6 Å². The van der Waals surface area contributed by atoms with Gasteiger partial charge in [-0.25, -0.2) is 14.4 Å². The van der Waals surface area contributed by atoms with Gasteiger partial charge in [0.15, 0.2) is 18.3 Å². The van der Waals surface area contributed by atoms with Gasteiger partial charge in [-0.3, -0.25) is 0 Å². The normalized spacial score (nSPS) is 20.9. The van der Waals surface area contributed by atoms with E-state index >= 15 is 0 Å². The van der Waals surface area contributed by atoms with Crippen molar-refractivity contribution in [2.24, 2.45) is 0 Å². The van der Waals surface area contributed by atoms with Gasteiger partial charge >= 0.3 is 17.9 Å². The molecule has 0 spiro atoms. The summed E-state index contributed by atoms with van der Waals surface area (Å²) in [5, 5.41) is 9.65. The summed E-state index contributed by atoms with van der Waals surface area (Å²) in [6.07, 6.45) is -4.70. The van der Waals surface area contributed by atoms with Crippen LogP contribution in [0.2, 0.25) is 0 Å². The van der Waals surface area contributed by atoms with E-state index < -0.39 is 42.3 Å². The second-order valence-electron chi connectivity index (χ2n) is 7.66. The summed E-state index contributed by atoms with van der Waals surface area (Å²) in [5.41, 5.74) is 0.851. The molecule has 0 unspecified atom stereocenters. The molecule has 3 aromatic rings. The maximum Gasteiger partial charge on any atom is 0.338 e. The molecule has 8 heteroatoms. The molecule has 0 aliphatic carbocycles. The molecule has 0 aromatic heterocycles. The number of hydrogen-bond acceptors (Lipinski definition) is 8. The van der Waals surface area contributed by atoms with Crippen LogP contribution < -0.4 is 0 Å². The Morgan fingerprint density at radius 2 is 1.11 bits per heavy atom. The van der Waals surface area contributed by atoms with Crippen LogP contribution in [0.4, 0.5) is 0 Å². The van der Waals surface area contributed by atoms with E-state index in [1.54, 1.807) is 91.0 Å². The van der Waals surface area contributed by atoms with Crippen molar-refractivity contribution in [1.82, 2.24) is 0 Å². The minimum Gasteiger partial charge on any atom is -0.459 e. The second kappa shape index (κ2) is 11.1. The topological polar surface area (TPSA) is 112 Å². The summed E-state index contributed by atoms with van der Waals surface area (Å²) in [4.78, 5) is 37.9. The summed E-state index contributed by atoms with van der Waals surface area (Å²) in [6.45, 7) is -0.321. The molecule has 3 aromatic carbocycles. The van der Waals surface area contributed by atoms with Crippen LogP contribution >= 0.6 is 0 Å². The average Bonchev–Trinajstić information content (AvgIpc) is 3.24. The van der Waals surface area contributed by atoms with Gasteiger partial charge in [-0.2, -0.15) is 5.26 Å². The molecule has 1 fully saturated rings. The van der Waals surface area contributed by atoms with E-state index in [-0.39, 0.29) is 17.7 Å². The summed E-state index contributed by atoms with van der Waals surface area (Å²) in [6, 6.07) is 26.7. The molecule has 4 atom stereocenters. The monoisotopic (exact) mass is 471 g/mol. The van der Waals surface area contributed by atoms with Crippen LogP contribution in [0.15, 0.2) is 91.0 Å². The molecule has 35 heavy (non-hydrogen) atoms. The van der Waals surface area contributed by atoms with Crippen LogP contribution in [-0.4, -0.2) is 48.9 Å². The van der Waals surface area contributed by atoms with E-state index in [0.29, 0.717) is 5.56 Å². The first-order valence-corrected chi connectivity index (χ1v) is 10.9. The first-order chi connectivity index (χ1) is 17.1. The van der Waals surface area contributed by atoms with Crippen LogP contribution in [0.5, 0.6) is 0 Å². The Morgan fingerprint density at radius 3 is 1.57 bits per heavy atom. The van der Waals surface area contributed by atoms with Crippen molar-refractivity contribution in [3.8, 4) is 6.07 Å². The maximum atomic E-state index is 12.8. The van der Waals surface area contributed by atoms with Crippen molar-refractivity contribution in [3.63, 3.8) is 0 Å². The number of esters is 3. The largest absolute Gasteiger partial charge is 0.459 e. The first kappa shape index (κ1) is 23.7. The van der Waals surface area contributed by atoms with Crippen molar-refractivity contribution in [2.45, 2.75) is 24.4 Å². The van der Waals surface area contributed by atoms with Crippen molar-refractivity contribution in [2.75, 3.05) is 6.61 Å². The highest BCUT2D eigenvalue weighted by atomic mass is 16.6. The third kappa shape index (κ3) is 5.72. The van der Waals surface area contributed by atoms with E-state index in [1.807, 2.05) is 6.07 Å². The van der Waals surface area contributed by atoms with E-state index in [0.717, 1.165) is 0 Å². The van der Waals surface area contributed by atoms with Crippen LogP contribution in [0.1, 0.15) is 31.1 Å². The van der Waals surface area contributed by atoms with Gasteiger partial charge in [0, 0.05) is 0 Å². The molecule has 176 valence electrons. The van der Waals surface area contributed by atoms with Crippen LogP contribution in [0.3, 0.4) is 0 Å². The fourth-order valence-corrected chi connectivity index (χ4v) is 3.58. The number of carbonyl (C=O) groups is 3. The lowest BCUT2D eigenvalue weighted by molar-refractivity contribution is -0.0437.